The van der Waals surface area contributed by atoms with Crippen LogP contribution in [0.4, 0.5) is 4.39 Å². The second-order valence-electron chi connectivity index (χ2n) is 5.48. The number of aliphatic hydroxyl groups is 1. The van der Waals surface area contributed by atoms with Crippen LogP contribution in [0.25, 0.3) is 16.9 Å². The Labute approximate surface area is 122 Å². The fourth-order valence-corrected chi connectivity index (χ4v) is 2.44. The summed E-state index contributed by atoms with van der Waals surface area (Å²) in [7, 11) is 0. The molecule has 3 rings (SSSR count). The van der Waals surface area contributed by atoms with Gasteiger partial charge in [-0.25, -0.2) is 9.37 Å². The molecule has 3 nitrogen and oxygen atoms in total. The van der Waals surface area contributed by atoms with Crippen molar-refractivity contribution >= 4 is 5.65 Å². The maximum Gasteiger partial charge on any atom is 0.139 e. The van der Waals surface area contributed by atoms with Crippen LogP contribution in [0.1, 0.15) is 25.6 Å². The van der Waals surface area contributed by atoms with Gasteiger partial charge in [-0.3, -0.25) is 4.40 Å². The average Bonchev–Trinajstić information content (AvgIpc) is 2.85. The molecule has 21 heavy (non-hydrogen) atoms. The average molecular weight is 284 g/mol. The highest BCUT2D eigenvalue weighted by Crippen LogP contribution is 2.32. The van der Waals surface area contributed by atoms with Gasteiger partial charge in [-0.15, -0.1) is 0 Å². The van der Waals surface area contributed by atoms with E-state index in [2.05, 4.69) is 4.98 Å². The van der Waals surface area contributed by atoms with Crippen LogP contribution in [0.5, 0.6) is 0 Å². The lowest BCUT2D eigenvalue weighted by atomic mass is 10.00. The molecule has 0 spiro atoms. The summed E-state index contributed by atoms with van der Waals surface area (Å²) in [6.07, 6.45) is 0.712. The Morgan fingerprint density at radius 1 is 1.10 bits per heavy atom. The lowest BCUT2D eigenvalue weighted by Crippen LogP contribution is -2.07. The molecule has 0 aliphatic heterocycles. The van der Waals surface area contributed by atoms with E-state index in [0.29, 0.717) is 11.3 Å². The Kier molecular flexibility index (Phi) is 3.47. The Bertz CT molecular complexity index is 765. The summed E-state index contributed by atoms with van der Waals surface area (Å²) in [5, 5.41) is 10.4. The summed E-state index contributed by atoms with van der Waals surface area (Å²) >= 11 is 0. The van der Waals surface area contributed by atoms with Crippen molar-refractivity contribution in [3.05, 3.63) is 60.2 Å². The van der Waals surface area contributed by atoms with E-state index >= 15 is 0 Å². The van der Waals surface area contributed by atoms with Crippen molar-refractivity contribution in [3.8, 4) is 11.3 Å². The smallest absolute Gasteiger partial charge is 0.139 e. The van der Waals surface area contributed by atoms with Gasteiger partial charge in [0.05, 0.1) is 11.4 Å². The molecule has 0 bridgehead atoms. The second-order valence-corrected chi connectivity index (χ2v) is 5.48. The maximum atomic E-state index is 13.6. The third kappa shape index (κ3) is 2.43. The van der Waals surface area contributed by atoms with Gasteiger partial charge in [0.15, 0.2) is 0 Å². The third-order valence-electron chi connectivity index (χ3n) is 3.57. The molecule has 2 heterocycles. The van der Waals surface area contributed by atoms with E-state index in [1.807, 2.05) is 44.2 Å². The number of halogens is 1. The molecule has 3 aromatic rings. The summed E-state index contributed by atoms with van der Waals surface area (Å²) in [6.45, 7) is 3.87. The molecule has 4 heteroatoms. The highest BCUT2D eigenvalue weighted by atomic mass is 19.1. The number of pyridine rings is 1. The number of benzene rings is 1. The van der Waals surface area contributed by atoms with Crippen LogP contribution in [0.15, 0.2) is 48.7 Å². The molecule has 2 aromatic heterocycles. The molecule has 1 aromatic carbocycles. The van der Waals surface area contributed by atoms with Gasteiger partial charge in [-0.05, 0) is 18.1 Å². The second kappa shape index (κ2) is 5.30. The molecule has 0 aliphatic rings. The van der Waals surface area contributed by atoms with Gasteiger partial charge >= 0.3 is 0 Å². The Hall–Kier alpha value is -2.20. The number of hydrogen-bond acceptors (Lipinski definition) is 2. The highest BCUT2D eigenvalue weighted by Gasteiger charge is 2.23. The van der Waals surface area contributed by atoms with E-state index in [-0.39, 0.29) is 11.7 Å². The van der Waals surface area contributed by atoms with Crippen molar-refractivity contribution in [2.24, 2.45) is 5.92 Å². The van der Waals surface area contributed by atoms with Crippen molar-refractivity contribution in [2.45, 2.75) is 20.0 Å². The Balaban J connectivity index is 2.32. The summed E-state index contributed by atoms with van der Waals surface area (Å²) in [5.74, 6) is -0.301. The predicted molar refractivity (Wildman–Crippen MR) is 80.4 cm³/mol. The molecule has 0 aliphatic carbocycles. The first kappa shape index (κ1) is 13.8. The van der Waals surface area contributed by atoms with E-state index in [9.17, 15) is 9.50 Å². The number of aromatic nitrogens is 2. The van der Waals surface area contributed by atoms with Gasteiger partial charge < -0.3 is 5.11 Å². The van der Waals surface area contributed by atoms with Crippen LogP contribution in [0, 0.1) is 11.7 Å². The Morgan fingerprint density at radius 3 is 2.48 bits per heavy atom. The van der Waals surface area contributed by atoms with Crippen LogP contribution in [-0.4, -0.2) is 14.5 Å². The first-order valence-electron chi connectivity index (χ1n) is 6.99. The maximum absolute atomic E-state index is 13.6. The number of hydrogen-bond donors (Lipinski definition) is 1. The molecule has 0 radical (unpaired) electrons. The summed E-state index contributed by atoms with van der Waals surface area (Å²) in [5.41, 5.74) is 2.86. The molecule has 0 saturated heterocycles. The molecular formula is C17H17FN2O. The fourth-order valence-electron chi connectivity index (χ4n) is 2.44. The molecule has 108 valence electrons. The largest absolute Gasteiger partial charge is 0.386 e. The molecule has 0 saturated carbocycles. The van der Waals surface area contributed by atoms with Crippen molar-refractivity contribution in [2.75, 3.05) is 0 Å². The van der Waals surface area contributed by atoms with Gasteiger partial charge in [-0.2, -0.15) is 0 Å². The Morgan fingerprint density at radius 2 is 1.81 bits per heavy atom. The van der Waals surface area contributed by atoms with Crippen LogP contribution in [0.2, 0.25) is 0 Å². The molecule has 0 fully saturated rings. The van der Waals surface area contributed by atoms with Crippen LogP contribution >= 0.6 is 0 Å². The van der Waals surface area contributed by atoms with Gasteiger partial charge in [-0.1, -0.05) is 44.2 Å². The van der Waals surface area contributed by atoms with Crippen molar-refractivity contribution in [1.82, 2.24) is 9.38 Å². The third-order valence-corrected chi connectivity index (χ3v) is 3.57. The normalized spacial score (nSPS) is 13.0. The number of nitrogens with zero attached hydrogens (tertiary/aromatic N) is 2. The van der Waals surface area contributed by atoms with Crippen LogP contribution < -0.4 is 0 Å². The van der Waals surface area contributed by atoms with E-state index in [0.717, 1.165) is 11.3 Å². The number of rotatable bonds is 3. The minimum absolute atomic E-state index is 0.0298. The zero-order valence-corrected chi connectivity index (χ0v) is 12.0. The summed E-state index contributed by atoms with van der Waals surface area (Å²) in [6, 6.07) is 12.6. The molecular weight excluding hydrogens is 267 g/mol. The minimum atomic E-state index is -0.692. The fraction of sp³-hybridized carbons (Fsp3) is 0.235. The first-order chi connectivity index (χ1) is 10.1. The zero-order chi connectivity index (χ0) is 15.0. The summed E-state index contributed by atoms with van der Waals surface area (Å²) in [4.78, 5) is 4.50. The highest BCUT2D eigenvalue weighted by molar-refractivity contribution is 5.67. The number of aliphatic hydroxyl groups excluding tert-OH is 1. The lowest BCUT2D eigenvalue weighted by molar-refractivity contribution is 0.123. The van der Waals surface area contributed by atoms with E-state index in [4.69, 9.17) is 0 Å². The van der Waals surface area contributed by atoms with Crippen LogP contribution in [0.3, 0.4) is 0 Å². The van der Waals surface area contributed by atoms with Crippen molar-refractivity contribution in [1.29, 1.82) is 0 Å². The van der Waals surface area contributed by atoms with Gasteiger partial charge in [0.2, 0.25) is 0 Å². The first-order valence-corrected chi connectivity index (χ1v) is 6.99. The standard InChI is InChI=1S/C17H17FN2O/c1-11(2)17(21)15-16(12-6-4-3-5-7-12)20-10-13(18)8-9-14(20)19-15/h3-11,17,21H,1-2H3. The van der Waals surface area contributed by atoms with Gasteiger partial charge in [0, 0.05) is 11.8 Å². The zero-order valence-electron chi connectivity index (χ0n) is 12.0. The monoisotopic (exact) mass is 284 g/mol. The molecule has 1 N–H and O–H groups in total. The molecule has 0 amide bonds. The SMILES string of the molecule is CC(C)C(O)c1nc2ccc(F)cn2c1-c1ccccc1. The van der Waals surface area contributed by atoms with E-state index in [1.165, 1.54) is 12.3 Å². The van der Waals surface area contributed by atoms with E-state index < -0.39 is 6.10 Å². The topological polar surface area (TPSA) is 37.5 Å². The minimum Gasteiger partial charge on any atom is -0.386 e. The predicted octanol–water partition coefficient (Wildman–Crippen LogP) is 3.83. The van der Waals surface area contributed by atoms with Crippen molar-refractivity contribution in [3.63, 3.8) is 0 Å². The van der Waals surface area contributed by atoms with E-state index in [1.54, 1.807) is 10.5 Å². The summed E-state index contributed by atoms with van der Waals surface area (Å²) < 4.78 is 15.3. The quantitative estimate of drug-likeness (QED) is 0.793. The lowest BCUT2D eigenvalue weighted by Gasteiger charge is -2.14. The van der Waals surface area contributed by atoms with Gasteiger partial charge in [0.1, 0.15) is 17.6 Å². The molecule has 1 unspecified atom stereocenters. The van der Waals surface area contributed by atoms with Gasteiger partial charge in [0.25, 0.3) is 0 Å². The number of imidazole rings is 1. The van der Waals surface area contributed by atoms with Crippen molar-refractivity contribution < 1.29 is 9.50 Å². The molecule has 1 atom stereocenters. The van der Waals surface area contributed by atoms with Crippen LogP contribution in [-0.2, 0) is 0 Å². The number of fused-ring (bicyclic) bond motifs is 1.